The van der Waals surface area contributed by atoms with Gasteiger partial charge in [-0.3, -0.25) is 0 Å². The van der Waals surface area contributed by atoms with Crippen LogP contribution in [0.3, 0.4) is 0 Å². The van der Waals surface area contributed by atoms with Gasteiger partial charge in [0.1, 0.15) is 5.52 Å². The van der Waals surface area contributed by atoms with Crippen molar-refractivity contribution in [3.63, 3.8) is 0 Å². The second kappa shape index (κ2) is 10.6. The molecule has 0 fully saturated rings. The maximum atomic E-state index is 3.39. The van der Waals surface area contributed by atoms with Gasteiger partial charge in [-0.1, -0.05) is 121 Å². The number of para-hydroxylation sites is 2. The first kappa shape index (κ1) is 28.1. The van der Waals surface area contributed by atoms with Crippen molar-refractivity contribution in [1.82, 2.24) is 4.57 Å². The van der Waals surface area contributed by atoms with Crippen LogP contribution in [0.5, 0.6) is 0 Å². The molecule has 9 aromatic rings. The van der Waals surface area contributed by atoms with Crippen LogP contribution in [0.2, 0.25) is 0 Å². The van der Waals surface area contributed by atoms with Gasteiger partial charge in [0.05, 0.1) is 10.9 Å². The van der Waals surface area contributed by atoms with E-state index in [9.17, 15) is 0 Å². The highest BCUT2D eigenvalue weighted by Crippen LogP contribution is 2.63. The molecule has 11 rings (SSSR count). The molecule has 51 heavy (non-hydrogen) atoms. The molecule has 2 aliphatic rings. The Hall–Kier alpha value is -6.82. The van der Waals surface area contributed by atoms with Crippen LogP contribution in [0.15, 0.2) is 182 Å². The normalized spacial score (nSPS) is 13.1. The van der Waals surface area contributed by atoms with Crippen LogP contribution < -0.4 is 4.90 Å². The van der Waals surface area contributed by atoms with Crippen LogP contribution in [-0.2, 0) is 5.41 Å². The minimum atomic E-state index is -0.397. The van der Waals surface area contributed by atoms with Crippen LogP contribution in [0, 0.1) is 12.1 Å². The largest absolute Gasteiger partial charge is 0.310 e. The Morgan fingerprint density at radius 3 is 1.67 bits per heavy atom. The zero-order valence-electron chi connectivity index (χ0n) is 27.7. The van der Waals surface area contributed by atoms with Crippen LogP contribution in [0.4, 0.5) is 17.1 Å². The highest BCUT2D eigenvalue weighted by Gasteiger charge is 2.51. The third kappa shape index (κ3) is 3.78. The molecule has 236 valence electrons. The minimum Gasteiger partial charge on any atom is -0.310 e. The first-order valence-electron chi connectivity index (χ1n) is 17.5. The summed E-state index contributed by atoms with van der Waals surface area (Å²) in [5.41, 5.74) is 16.8. The van der Waals surface area contributed by atoms with Crippen molar-refractivity contribution >= 4 is 38.9 Å². The quantitative estimate of drug-likeness (QED) is 0.185. The molecule has 0 aliphatic heterocycles. The topological polar surface area (TPSA) is 8.17 Å². The molecule has 0 saturated heterocycles. The van der Waals surface area contributed by atoms with Gasteiger partial charge in [0.15, 0.2) is 0 Å². The fourth-order valence-electron chi connectivity index (χ4n) is 9.06. The summed E-state index contributed by atoms with van der Waals surface area (Å²) in [6.07, 6.45) is 0. The molecule has 0 N–H and O–H groups in total. The summed E-state index contributed by atoms with van der Waals surface area (Å²) in [5, 5.41) is 2.40. The Balaban J connectivity index is 1.12. The van der Waals surface area contributed by atoms with E-state index in [0.717, 1.165) is 33.8 Å². The fraction of sp³-hybridized carbons (Fsp3) is 0.0204. The monoisotopic (exact) mass is 646 g/mol. The molecular formula is C49H30N2. The summed E-state index contributed by atoms with van der Waals surface area (Å²) >= 11 is 0. The van der Waals surface area contributed by atoms with E-state index in [2.05, 4.69) is 198 Å². The maximum absolute atomic E-state index is 3.39. The van der Waals surface area contributed by atoms with Gasteiger partial charge in [0, 0.05) is 33.5 Å². The third-order valence-electron chi connectivity index (χ3n) is 11.1. The van der Waals surface area contributed by atoms with Gasteiger partial charge < -0.3 is 9.47 Å². The van der Waals surface area contributed by atoms with Crippen molar-refractivity contribution in [2.75, 3.05) is 4.90 Å². The Morgan fingerprint density at radius 2 is 0.980 bits per heavy atom. The summed E-state index contributed by atoms with van der Waals surface area (Å²) in [6.45, 7) is 0. The van der Waals surface area contributed by atoms with E-state index < -0.39 is 5.41 Å². The van der Waals surface area contributed by atoms with Gasteiger partial charge >= 0.3 is 0 Å². The van der Waals surface area contributed by atoms with Crippen molar-refractivity contribution in [1.29, 1.82) is 0 Å². The number of nitrogens with zero attached hydrogens (tertiary/aromatic N) is 2. The number of fused-ring (bicyclic) bond motifs is 13. The summed E-state index contributed by atoms with van der Waals surface area (Å²) in [4.78, 5) is 2.39. The number of benzene rings is 7. The molecule has 0 atom stereocenters. The number of aromatic nitrogens is 1. The van der Waals surface area contributed by atoms with E-state index in [1.165, 1.54) is 55.3 Å². The Kier molecular flexibility index (Phi) is 5.83. The molecular weight excluding hydrogens is 617 g/mol. The number of hydrogen-bond donors (Lipinski definition) is 0. The molecule has 1 heterocycles. The lowest BCUT2D eigenvalue weighted by Crippen LogP contribution is -2.26. The second-order valence-electron chi connectivity index (χ2n) is 13.5. The molecule has 0 saturated carbocycles. The molecule has 1 aromatic heterocycles. The third-order valence-corrected chi connectivity index (χ3v) is 11.1. The maximum Gasteiger partial charge on any atom is 0.105 e. The Labute approximate surface area is 297 Å². The molecule has 2 nitrogen and oxygen atoms in total. The van der Waals surface area contributed by atoms with E-state index in [4.69, 9.17) is 0 Å². The SMILES string of the molecule is c1ccc2c3ccccc3n(-c3ccc(N(c4ccccc4)c4ccc5c(c4)C4(c6ccccc6-c6ccccc64)c4ccccc4-5)cc3)c2c#1. The zero-order chi connectivity index (χ0) is 33.5. The van der Waals surface area contributed by atoms with Gasteiger partial charge in [0.2, 0.25) is 0 Å². The predicted octanol–water partition coefficient (Wildman–Crippen LogP) is 12.2. The van der Waals surface area contributed by atoms with Gasteiger partial charge in [-0.25, -0.2) is 0 Å². The second-order valence-corrected chi connectivity index (χ2v) is 13.5. The van der Waals surface area contributed by atoms with Crippen molar-refractivity contribution in [3.8, 4) is 27.9 Å². The van der Waals surface area contributed by atoms with Crippen molar-refractivity contribution in [2.45, 2.75) is 5.41 Å². The standard InChI is InChI=1S/C49H30N2/c1-2-14-33(15-3-1)50(34-26-28-35(29-27-34)51-47-24-12-7-19-41(47)42-20-8-13-25-48(42)51)36-30-31-40-39-18-6-11-23-45(39)49(46(40)32-36)43-21-9-4-16-37(43)38-17-5-10-22-44(38)49/h1-12,14-24,26-32H. The first-order chi connectivity index (χ1) is 25.3. The minimum absolute atomic E-state index is 0.397. The van der Waals surface area contributed by atoms with E-state index in [1.807, 2.05) is 6.07 Å². The van der Waals surface area contributed by atoms with Gasteiger partial charge in [-0.15, -0.1) is 0 Å². The van der Waals surface area contributed by atoms with Crippen LogP contribution in [0.1, 0.15) is 22.3 Å². The summed E-state index contributed by atoms with van der Waals surface area (Å²) < 4.78 is 2.29. The summed E-state index contributed by atoms with van der Waals surface area (Å²) in [5.74, 6) is 0. The van der Waals surface area contributed by atoms with Gasteiger partial charge in [-0.2, -0.15) is 0 Å². The molecule has 2 aliphatic carbocycles. The average Bonchev–Trinajstić information content (AvgIpc) is 3.81. The highest BCUT2D eigenvalue weighted by molar-refractivity contribution is 6.08. The lowest BCUT2D eigenvalue weighted by molar-refractivity contribution is 0.793. The lowest BCUT2D eigenvalue weighted by atomic mass is 9.70. The van der Waals surface area contributed by atoms with E-state index in [0.29, 0.717) is 0 Å². The molecule has 8 aromatic carbocycles. The van der Waals surface area contributed by atoms with Crippen molar-refractivity contribution in [3.05, 3.63) is 216 Å². The van der Waals surface area contributed by atoms with Gasteiger partial charge in [-0.05, 0) is 117 Å². The molecule has 0 amide bonds. The van der Waals surface area contributed by atoms with Crippen molar-refractivity contribution < 1.29 is 0 Å². The summed E-state index contributed by atoms with van der Waals surface area (Å²) in [6, 6.07) is 73.0. The Morgan fingerprint density at radius 1 is 0.431 bits per heavy atom. The van der Waals surface area contributed by atoms with Gasteiger partial charge in [0.25, 0.3) is 0 Å². The van der Waals surface area contributed by atoms with Crippen molar-refractivity contribution in [2.24, 2.45) is 0 Å². The smallest absolute Gasteiger partial charge is 0.105 e. The average molecular weight is 647 g/mol. The Bertz CT molecular complexity index is 2690. The number of rotatable bonds is 4. The van der Waals surface area contributed by atoms with Crippen LogP contribution in [-0.4, -0.2) is 4.57 Å². The highest BCUT2D eigenvalue weighted by atomic mass is 15.1. The number of hydrogen-bond acceptors (Lipinski definition) is 1. The lowest BCUT2D eigenvalue weighted by Gasteiger charge is -2.32. The molecule has 0 unspecified atom stereocenters. The first-order valence-corrected chi connectivity index (χ1v) is 17.5. The van der Waals surface area contributed by atoms with Crippen LogP contribution >= 0.6 is 0 Å². The molecule has 1 spiro atoms. The van der Waals surface area contributed by atoms with E-state index in [1.54, 1.807) is 0 Å². The van der Waals surface area contributed by atoms with E-state index >= 15 is 0 Å². The fourth-order valence-corrected chi connectivity index (χ4v) is 9.06. The van der Waals surface area contributed by atoms with Crippen LogP contribution in [0.25, 0.3) is 49.7 Å². The molecule has 0 radical (unpaired) electrons. The number of anilines is 3. The van der Waals surface area contributed by atoms with E-state index in [-0.39, 0.29) is 0 Å². The zero-order valence-corrected chi connectivity index (χ0v) is 27.7. The molecule has 2 heteroatoms. The molecule has 0 bridgehead atoms. The summed E-state index contributed by atoms with van der Waals surface area (Å²) in [7, 11) is 0. The predicted molar refractivity (Wildman–Crippen MR) is 209 cm³/mol.